The summed E-state index contributed by atoms with van der Waals surface area (Å²) < 4.78 is 51.4. The Balaban J connectivity index is 1.35. The summed E-state index contributed by atoms with van der Waals surface area (Å²) >= 11 is 0. The van der Waals surface area contributed by atoms with Crippen LogP contribution in [0.5, 0.6) is 0 Å². The minimum atomic E-state index is -4.02. The average Bonchev–Trinajstić information content (AvgIpc) is 3.69. The molecule has 5 atom stereocenters. The maximum absolute atomic E-state index is 13.9. The van der Waals surface area contributed by atoms with E-state index in [1.165, 1.54) is 10.4 Å². The molecule has 0 radical (unpaired) electrons. The second-order valence-corrected chi connectivity index (χ2v) is 13.2. The van der Waals surface area contributed by atoms with Crippen LogP contribution in [0.2, 0.25) is 0 Å². The smallest absolute Gasteiger partial charge is 0.407 e. The summed E-state index contributed by atoms with van der Waals surface area (Å²) in [6, 6.07) is 14.9. The fourth-order valence-electron chi connectivity index (χ4n) is 5.52. The number of nitrogens with one attached hydrogen (secondary N) is 1. The molecule has 2 aliphatic heterocycles. The van der Waals surface area contributed by atoms with Crippen LogP contribution >= 0.6 is 0 Å². The molecule has 12 heteroatoms. The van der Waals surface area contributed by atoms with E-state index in [0.29, 0.717) is 23.3 Å². The van der Waals surface area contributed by atoms with Crippen LogP contribution in [0.4, 0.5) is 4.79 Å². The molecule has 0 unspecified atom stereocenters. The molecular formula is C30H39N3O8S. The van der Waals surface area contributed by atoms with Crippen LogP contribution in [-0.2, 0) is 37.2 Å². The van der Waals surface area contributed by atoms with Crippen molar-refractivity contribution in [3.05, 3.63) is 65.9 Å². The average molecular weight is 602 g/mol. The Kier molecular flexibility index (Phi) is 9.50. The molecule has 5 rings (SSSR count). The molecule has 228 valence electrons. The molecule has 0 aliphatic carbocycles. The number of benzene rings is 2. The van der Waals surface area contributed by atoms with Crippen molar-refractivity contribution in [3.8, 4) is 0 Å². The monoisotopic (exact) mass is 601 g/mol. The topological polar surface area (TPSA) is 154 Å². The number of hydrogen-bond donors (Lipinski definition) is 3. The van der Waals surface area contributed by atoms with Crippen LogP contribution in [0.3, 0.4) is 0 Å². The third-order valence-corrected chi connectivity index (χ3v) is 9.47. The number of ether oxygens (including phenoxy) is 3. The summed E-state index contributed by atoms with van der Waals surface area (Å²) in [6.07, 6.45) is -1.76. The second kappa shape index (κ2) is 13.1. The van der Waals surface area contributed by atoms with Crippen molar-refractivity contribution in [2.45, 2.75) is 62.7 Å². The number of aliphatic hydroxyl groups excluding tert-OH is 1. The molecule has 2 saturated heterocycles. The summed E-state index contributed by atoms with van der Waals surface area (Å²) in [5, 5.41) is 14.9. The number of carbonyl (C=O) groups excluding carboxylic acids is 1. The van der Waals surface area contributed by atoms with Gasteiger partial charge in [-0.25, -0.2) is 13.2 Å². The lowest BCUT2D eigenvalue weighted by Crippen LogP contribution is -2.51. The van der Waals surface area contributed by atoms with Crippen LogP contribution in [0.1, 0.15) is 31.6 Å². The van der Waals surface area contributed by atoms with E-state index in [1.54, 1.807) is 18.2 Å². The maximum atomic E-state index is 13.9. The standard InChI is InChI=1S/C30H39N3O8S/c1-19(2)16-33(42(36,37)23-8-9-27-21(14-23)13-22(15-31)40-27)17-26(34)25(12-20-6-4-3-5-7-20)32-30(35)41-28-18-39-29-24(28)10-11-38-29/h3-9,13-14,19,24-26,28-29,34H,10-12,15-18,31H2,1-2H3,(H,32,35)/t24-,25-,26+,28-,29+/m0/s1. The molecule has 3 aromatic rings. The Morgan fingerprint density at radius 3 is 2.67 bits per heavy atom. The highest BCUT2D eigenvalue weighted by Crippen LogP contribution is 2.33. The van der Waals surface area contributed by atoms with Crippen LogP contribution in [0.15, 0.2) is 63.9 Å². The lowest BCUT2D eigenvalue weighted by molar-refractivity contribution is -0.0907. The molecule has 2 aliphatic rings. The zero-order valence-corrected chi connectivity index (χ0v) is 24.7. The van der Waals surface area contributed by atoms with E-state index in [9.17, 15) is 18.3 Å². The molecular weight excluding hydrogens is 562 g/mol. The SMILES string of the molecule is CC(C)CN(C[C@@H](O)[C@H](Cc1ccccc1)NC(=O)O[C@H]1CO[C@H]2OCC[C@H]21)S(=O)(=O)c1ccc2oc(CN)cc2c1. The largest absolute Gasteiger partial charge is 0.460 e. The Bertz CT molecular complexity index is 1460. The van der Waals surface area contributed by atoms with Gasteiger partial charge >= 0.3 is 6.09 Å². The molecule has 1 amide bonds. The fourth-order valence-corrected chi connectivity index (χ4v) is 7.18. The van der Waals surface area contributed by atoms with E-state index in [0.717, 1.165) is 12.0 Å². The lowest BCUT2D eigenvalue weighted by atomic mass is 10.0. The highest BCUT2D eigenvalue weighted by Gasteiger charge is 2.44. The lowest BCUT2D eigenvalue weighted by Gasteiger charge is -2.31. The molecule has 0 spiro atoms. The van der Waals surface area contributed by atoms with Crippen LogP contribution in [-0.4, -0.2) is 74.8 Å². The summed E-state index contributed by atoms with van der Waals surface area (Å²) in [4.78, 5) is 13.1. The summed E-state index contributed by atoms with van der Waals surface area (Å²) in [5.74, 6) is 0.493. The highest BCUT2D eigenvalue weighted by atomic mass is 32.2. The maximum Gasteiger partial charge on any atom is 0.407 e. The highest BCUT2D eigenvalue weighted by molar-refractivity contribution is 7.89. The number of fused-ring (bicyclic) bond motifs is 2. The first kappa shape index (κ1) is 30.5. The van der Waals surface area contributed by atoms with Gasteiger partial charge in [-0.15, -0.1) is 0 Å². The number of aliphatic hydroxyl groups is 1. The number of sulfonamides is 1. The summed E-state index contributed by atoms with van der Waals surface area (Å²) in [6.45, 7) is 4.73. The molecule has 2 fully saturated rings. The minimum Gasteiger partial charge on any atom is -0.460 e. The van der Waals surface area contributed by atoms with Crippen molar-refractivity contribution in [1.82, 2.24) is 9.62 Å². The van der Waals surface area contributed by atoms with Gasteiger partial charge in [0, 0.05) is 18.5 Å². The molecule has 3 heterocycles. The predicted molar refractivity (Wildman–Crippen MR) is 155 cm³/mol. The van der Waals surface area contributed by atoms with Gasteiger partial charge in [-0.2, -0.15) is 4.31 Å². The van der Waals surface area contributed by atoms with Gasteiger partial charge in [0.05, 0.1) is 42.7 Å². The van der Waals surface area contributed by atoms with Crippen LogP contribution < -0.4 is 11.1 Å². The van der Waals surface area contributed by atoms with Crippen molar-refractivity contribution in [3.63, 3.8) is 0 Å². The first-order valence-corrected chi connectivity index (χ1v) is 15.7. The second-order valence-electron chi connectivity index (χ2n) is 11.3. The number of nitrogens with zero attached hydrogens (tertiary/aromatic N) is 1. The first-order valence-electron chi connectivity index (χ1n) is 14.3. The number of amides is 1. The molecule has 2 aromatic carbocycles. The number of carbonyl (C=O) groups is 1. The third-order valence-electron chi connectivity index (χ3n) is 7.65. The molecule has 1 aromatic heterocycles. The third kappa shape index (κ3) is 6.96. The van der Waals surface area contributed by atoms with E-state index in [4.69, 9.17) is 24.4 Å². The van der Waals surface area contributed by atoms with E-state index >= 15 is 0 Å². The van der Waals surface area contributed by atoms with Crippen LogP contribution in [0.25, 0.3) is 11.0 Å². The van der Waals surface area contributed by atoms with Crippen molar-refractivity contribution in [2.24, 2.45) is 17.6 Å². The van der Waals surface area contributed by atoms with Crippen molar-refractivity contribution >= 4 is 27.1 Å². The quantitative estimate of drug-likeness (QED) is 0.284. The zero-order chi connectivity index (χ0) is 29.9. The summed E-state index contributed by atoms with van der Waals surface area (Å²) in [5.41, 5.74) is 7.09. The van der Waals surface area contributed by atoms with Crippen molar-refractivity contribution < 1.29 is 36.9 Å². The van der Waals surface area contributed by atoms with Gasteiger partial charge in [0.25, 0.3) is 0 Å². The Hall–Kier alpha value is -3.00. The number of hydrogen-bond acceptors (Lipinski definition) is 9. The zero-order valence-electron chi connectivity index (χ0n) is 23.8. The fraction of sp³-hybridized carbons (Fsp3) is 0.500. The Morgan fingerprint density at radius 2 is 1.93 bits per heavy atom. The minimum absolute atomic E-state index is 0.0251. The van der Waals surface area contributed by atoms with Crippen molar-refractivity contribution in [2.75, 3.05) is 26.3 Å². The van der Waals surface area contributed by atoms with E-state index < -0.39 is 34.4 Å². The van der Waals surface area contributed by atoms with E-state index in [1.807, 2.05) is 44.2 Å². The van der Waals surface area contributed by atoms with Crippen LogP contribution in [0, 0.1) is 11.8 Å². The van der Waals surface area contributed by atoms with Crippen molar-refractivity contribution in [1.29, 1.82) is 0 Å². The summed E-state index contributed by atoms with van der Waals surface area (Å²) in [7, 11) is -4.02. The molecule has 11 nitrogen and oxygen atoms in total. The van der Waals surface area contributed by atoms with E-state index in [2.05, 4.69) is 5.32 Å². The van der Waals surface area contributed by atoms with E-state index in [-0.39, 0.29) is 55.7 Å². The predicted octanol–water partition coefficient (Wildman–Crippen LogP) is 3.00. The molecule has 0 saturated carbocycles. The molecule has 42 heavy (non-hydrogen) atoms. The molecule has 4 N–H and O–H groups in total. The number of alkyl carbamates (subject to hydrolysis) is 1. The number of nitrogens with two attached hydrogens (primary N) is 1. The first-order chi connectivity index (χ1) is 20.1. The van der Waals surface area contributed by atoms with Gasteiger partial charge < -0.3 is 34.8 Å². The number of rotatable bonds is 12. The van der Waals surface area contributed by atoms with Gasteiger partial charge in [0.15, 0.2) is 6.29 Å². The molecule has 0 bridgehead atoms. The Morgan fingerprint density at radius 1 is 1.14 bits per heavy atom. The number of furan rings is 1. The van der Waals surface area contributed by atoms with Gasteiger partial charge in [0.2, 0.25) is 10.0 Å². The van der Waals surface area contributed by atoms with Gasteiger partial charge in [-0.1, -0.05) is 44.2 Å². The van der Waals surface area contributed by atoms with Gasteiger partial charge in [0.1, 0.15) is 17.4 Å². The normalized spacial score (nSPS) is 22.0. The Labute approximate surface area is 245 Å². The van der Waals surface area contributed by atoms with Gasteiger partial charge in [-0.05, 0) is 48.6 Å². The van der Waals surface area contributed by atoms with Gasteiger partial charge in [-0.3, -0.25) is 0 Å².